The van der Waals surface area contributed by atoms with E-state index >= 15 is 0 Å². The molecular formula is C7H4ClFN4. The normalized spacial score (nSPS) is 10.3. The lowest BCUT2D eigenvalue weighted by Gasteiger charge is -1.97. The van der Waals surface area contributed by atoms with Crippen molar-refractivity contribution in [2.45, 2.75) is 0 Å². The Morgan fingerprint density at radius 2 is 2.23 bits per heavy atom. The van der Waals surface area contributed by atoms with Gasteiger partial charge in [0.2, 0.25) is 0 Å². The van der Waals surface area contributed by atoms with Crippen molar-refractivity contribution in [2.75, 3.05) is 0 Å². The largest absolute Gasteiger partial charge is 0.224 e. The van der Waals surface area contributed by atoms with Gasteiger partial charge in [-0.3, -0.25) is 0 Å². The molecule has 13 heavy (non-hydrogen) atoms. The first kappa shape index (κ1) is 8.12. The van der Waals surface area contributed by atoms with Gasteiger partial charge >= 0.3 is 0 Å². The Morgan fingerprint density at radius 3 is 2.85 bits per heavy atom. The van der Waals surface area contributed by atoms with Gasteiger partial charge in [-0.15, -0.1) is 0 Å². The van der Waals surface area contributed by atoms with E-state index in [0.29, 0.717) is 11.0 Å². The van der Waals surface area contributed by atoms with E-state index in [0.717, 1.165) is 6.20 Å². The van der Waals surface area contributed by atoms with E-state index in [1.165, 1.54) is 23.3 Å². The maximum Gasteiger partial charge on any atom is 0.161 e. The second kappa shape index (κ2) is 3.10. The summed E-state index contributed by atoms with van der Waals surface area (Å²) < 4.78 is 13.8. The van der Waals surface area contributed by atoms with Crippen LogP contribution in [0, 0.1) is 5.82 Å². The van der Waals surface area contributed by atoms with Crippen LogP contribution in [0.5, 0.6) is 0 Å². The highest BCUT2D eigenvalue weighted by molar-refractivity contribution is 6.29. The molecule has 0 unspecified atom stereocenters. The number of halogens is 2. The third-order valence-electron chi connectivity index (χ3n) is 1.41. The van der Waals surface area contributed by atoms with Crippen LogP contribution in [-0.2, 0) is 0 Å². The van der Waals surface area contributed by atoms with Crippen molar-refractivity contribution >= 4 is 11.6 Å². The molecule has 0 amide bonds. The smallest absolute Gasteiger partial charge is 0.161 e. The third kappa shape index (κ3) is 1.65. The van der Waals surface area contributed by atoms with E-state index in [1.54, 1.807) is 0 Å². The molecule has 0 N–H and O–H groups in total. The number of hydrogen-bond acceptors (Lipinski definition) is 3. The van der Waals surface area contributed by atoms with Crippen LogP contribution in [0.2, 0.25) is 5.15 Å². The molecule has 0 saturated heterocycles. The van der Waals surface area contributed by atoms with Crippen LogP contribution in [0.4, 0.5) is 4.39 Å². The summed E-state index contributed by atoms with van der Waals surface area (Å²) in [5.41, 5.74) is 0. The van der Waals surface area contributed by atoms with E-state index in [2.05, 4.69) is 15.1 Å². The van der Waals surface area contributed by atoms with Crippen molar-refractivity contribution in [3.8, 4) is 5.82 Å². The zero-order valence-electron chi connectivity index (χ0n) is 6.35. The fourth-order valence-corrected chi connectivity index (χ4v) is 1.02. The Balaban J connectivity index is 2.46. The highest BCUT2D eigenvalue weighted by Crippen LogP contribution is 2.08. The average Bonchev–Trinajstić information content (AvgIpc) is 2.52. The molecular weight excluding hydrogens is 195 g/mol. The first-order valence-electron chi connectivity index (χ1n) is 3.44. The van der Waals surface area contributed by atoms with Gasteiger partial charge in [0.25, 0.3) is 0 Å². The molecule has 2 aromatic rings. The van der Waals surface area contributed by atoms with Crippen molar-refractivity contribution in [2.24, 2.45) is 0 Å². The molecule has 6 heteroatoms. The molecule has 2 rings (SSSR count). The predicted octanol–water partition coefficient (Wildman–Crippen LogP) is 1.45. The first-order valence-corrected chi connectivity index (χ1v) is 3.81. The SMILES string of the molecule is Fc1cnn(-c2cc(Cl)ncn2)c1. The van der Waals surface area contributed by atoms with E-state index in [9.17, 15) is 4.39 Å². The van der Waals surface area contributed by atoms with Crippen LogP contribution in [0.25, 0.3) is 5.82 Å². The quantitative estimate of drug-likeness (QED) is 0.652. The van der Waals surface area contributed by atoms with Crippen molar-refractivity contribution in [3.63, 3.8) is 0 Å². The fraction of sp³-hybridized carbons (Fsp3) is 0. The summed E-state index contributed by atoms with van der Waals surface area (Å²) in [5, 5.41) is 4.01. The van der Waals surface area contributed by atoms with Crippen LogP contribution < -0.4 is 0 Å². The lowest BCUT2D eigenvalue weighted by atomic mass is 10.6. The summed E-state index contributed by atoms with van der Waals surface area (Å²) in [6, 6.07) is 1.49. The Kier molecular flexibility index (Phi) is 1.94. The van der Waals surface area contributed by atoms with E-state index in [-0.39, 0.29) is 0 Å². The summed E-state index contributed by atoms with van der Waals surface area (Å²) in [6.45, 7) is 0. The van der Waals surface area contributed by atoms with Crippen molar-refractivity contribution in [1.82, 2.24) is 19.7 Å². The molecule has 0 saturated carbocycles. The lowest BCUT2D eigenvalue weighted by molar-refractivity contribution is 0.627. The van der Waals surface area contributed by atoms with Gasteiger partial charge in [0, 0.05) is 6.07 Å². The van der Waals surface area contributed by atoms with Gasteiger partial charge in [-0.1, -0.05) is 11.6 Å². The summed E-state index contributed by atoms with van der Waals surface area (Å²) in [6.07, 6.45) is 3.59. The van der Waals surface area contributed by atoms with E-state index in [4.69, 9.17) is 11.6 Å². The molecule has 0 aliphatic heterocycles. The van der Waals surface area contributed by atoms with E-state index in [1.807, 2.05) is 0 Å². The molecule has 0 bridgehead atoms. The Hall–Kier alpha value is -1.49. The van der Waals surface area contributed by atoms with Crippen molar-refractivity contribution < 1.29 is 4.39 Å². The minimum absolute atomic E-state index is 0.293. The van der Waals surface area contributed by atoms with Gasteiger partial charge in [0.05, 0.1) is 12.4 Å². The highest BCUT2D eigenvalue weighted by atomic mass is 35.5. The summed E-state index contributed by atoms with van der Waals surface area (Å²) in [4.78, 5) is 7.55. The predicted molar refractivity (Wildman–Crippen MR) is 44.1 cm³/mol. The minimum Gasteiger partial charge on any atom is -0.224 e. The molecule has 0 radical (unpaired) electrons. The van der Waals surface area contributed by atoms with Crippen molar-refractivity contribution in [1.29, 1.82) is 0 Å². The van der Waals surface area contributed by atoms with Gasteiger partial charge < -0.3 is 0 Å². The molecule has 2 heterocycles. The highest BCUT2D eigenvalue weighted by Gasteiger charge is 2.01. The molecule has 4 nitrogen and oxygen atoms in total. The molecule has 0 fully saturated rings. The minimum atomic E-state index is -0.422. The molecule has 66 valence electrons. The van der Waals surface area contributed by atoms with E-state index < -0.39 is 5.82 Å². The number of nitrogens with zero attached hydrogens (tertiary/aromatic N) is 4. The molecule has 0 spiro atoms. The summed E-state index contributed by atoms with van der Waals surface area (Å²) >= 11 is 5.62. The van der Waals surface area contributed by atoms with Gasteiger partial charge in [-0.05, 0) is 0 Å². The number of rotatable bonds is 1. The van der Waals surface area contributed by atoms with Gasteiger partial charge in [-0.2, -0.15) is 5.10 Å². The maximum atomic E-state index is 12.6. The Labute approximate surface area is 78.0 Å². The zero-order valence-corrected chi connectivity index (χ0v) is 7.11. The maximum absolute atomic E-state index is 12.6. The molecule has 0 atom stereocenters. The number of hydrogen-bond donors (Lipinski definition) is 0. The third-order valence-corrected chi connectivity index (χ3v) is 1.61. The monoisotopic (exact) mass is 198 g/mol. The Bertz CT molecular complexity index is 428. The molecule has 0 aliphatic rings. The zero-order chi connectivity index (χ0) is 9.26. The Morgan fingerprint density at radius 1 is 1.38 bits per heavy atom. The number of aromatic nitrogens is 4. The second-order valence-electron chi connectivity index (χ2n) is 2.30. The van der Waals surface area contributed by atoms with Crippen LogP contribution in [-0.4, -0.2) is 19.7 Å². The molecule has 2 aromatic heterocycles. The topological polar surface area (TPSA) is 43.6 Å². The van der Waals surface area contributed by atoms with Gasteiger partial charge in [0.1, 0.15) is 11.5 Å². The average molecular weight is 199 g/mol. The standard InChI is InChI=1S/C7H4ClFN4/c8-6-1-7(11-4-10-6)13-3-5(9)2-12-13/h1-4H. The van der Waals surface area contributed by atoms with Crippen LogP contribution in [0.1, 0.15) is 0 Å². The summed E-state index contributed by atoms with van der Waals surface area (Å²) in [7, 11) is 0. The van der Waals surface area contributed by atoms with Crippen LogP contribution in [0.3, 0.4) is 0 Å². The van der Waals surface area contributed by atoms with Crippen LogP contribution >= 0.6 is 11.6 Å². The molecule has 0 aromatic carbocycles. The fourth-order valence-electron chi connectivity index (χ4n) is 0.876. The van der Waals surface area contributed by atoms with Crippen molar-refractivity contribution in [3.05, 3.63) is 35.8 Å². The second-order valence-corrected chi connectivity index (χ2v) is 2.69. The van der Waals surface area contributed by atoms with Gasteiger partial charge in [0.15, 0.2) is 11.6 Å². The lowest BCUT2D eigenvalue weighted by Crippen LogP contribution is -1.97. The summed E-state index contributed by atoms with van der Waals surface area (Å²) in [5.74, 6) is 0.0126. The molecule has 0 aliphatic carbocycles. The van der Waals surface area contributed by atoms with Gasteiger partial charge in [-0.25, -0.2) is 19.0 Å². The van der Waals surface area contributed by atoms with Crippen LogP contribution in [0.15, 0.2) is 24.8 Å². The first-order chi connectivity index (χ1) is 6.25.